The summed E-state index contributed by atoms with van der Waals surface area (Å²) in [7, 11) is -3.51. The number of aromatic nitrogens is 1. The van der Waals surface area contributed by atoms with Crippen LogP contribution in [0.4, 0.5) is 5.82 Å². The van der Waals surface area contributed by atoms with Crippen molar-refractivity contribution in [2.45, 2.75) is 18.7 Å². The number of rotatable bonds is 7. The standard InChI is InChI=1S/C16H20N4O3S/c1-3-20(4-2)24(22,23)15-8-9-16(17-12-15)19-18-11-13-6-5-7-14(21)10-13/h5-12,21H,3-4H2,1-2H3,(H,17,19)/b18-11+. The average molecular weight is 348 g/mol. The Kier molecular flexibility index (Phi) is 5.88. The van der Waals surface area contributed by atoms with Gasteiger partial charge in [-0.15, -0.1) is 0 Å². The van der Waals surface area contributed by atoms with E-state index < -0.39 is 10.0 Å². The lowest BCUT2D eigenvalue weighted by Crippen LogP contribution is -2.30. The van der Waals surface area contributed by atoms with Gasteiger partial charge in [-0.3, -0.25) is 5.43 Å². The molecule has 0 aliphatic carbocycles. The fraction of sp³-hybridized carbons (Fsp3) is 0.250. The van der Waals surface area contributed by atoms with Gasteiger partial charge in [-0.25, -0.2) is 13.4 Å². The first-order valence-electron chi connectivity index (χ1n) is 7.51. The third-order valence-corrected chi connectivity index (χ3v) is 5.38. The van der Waals surface area contributed by atoms with Gasteiger partial charge in [-0.2, -0.15) is 9.41 Å². The highest BCUT2D eigenvalue weighted by atomic mass is 32.2. The maximum absolute atomic E-state index is 12.3. The van der Waals surface area contributed by atoms with Crippen LogP contribution in [0.15, 0.2) is 52.6 Å². The second kappa shape index (κ2) is 7.89. The number of anilines is 1. The van der Waals surface area contributed by atoms with E-state index in [4.69, 9.17) is 0 Å². The van der Waals surface area contributed by atoms with Crippen LogP contribution < -0.4 is 5.43 Å². The Morgan fingerprint density at radius 3 is 2.58 bits per heavy atom. The summed E-state index contributed by atoms with van der Waals surface area (Å²) >= 11 is 0. The van der Waals surface area contributed by atoms with E-state index in [1.807, 2.05) is 0 Å². The van der Waals surface area contributed by atoms with Crippen LogP contribution in [0, 0.1) is 0 Å². The number of benzene rings is 1. The summed E-state index contributed by atoms with van der Waals surface area (Å²) < 4.78 is 26.1. The van der Waals surface area contributed by atoms with Crippen molar-refractivity contribution in [3.63, 3.8) is 0 Å². The molecule has 24 heavy (non-hydrogen) atoms. The SMILES string of the molecule is CCN(CC)S(=O)(=O)c1ccc(N/N=C/c2cccc(O)c2)nc1. The number of phenolic OH excluding ortho intramolecular Hbond substituents is 1. The van der Waals surface area contributed by atoms with E-state index in [2.05, 4.69) is 15.5 Å². The Hall–Kier alpha value is -2.45. The maximum Gasteiger partial charge on any atom is 0.244 e. The zero-order valence-corrected chi connectivity index (χ0v) is 14.4. The first-order valence-corrected chi connectivity index (χ1v) is 8.95. The van der Waals surface area contributed by atoms with Crippen molar-refractivity contribution in [1.82, 2.24) is 9.29 Å². The topological polar surface area (TPSA) is 94.9 Å². The average Bonchev–Trinajstić information content (AvgIpc) is 2.56. The van der Waals surface area contributed by atoms with Gasteiger partial charge >= 0.3 is 0 Å². The number of phenols is 1. The van der Waals surface area contributed by atoms with E-state index in [0.29, 0.717) is 18.9 Å². The van der Waals surface area contributed by atoms with Crippen molar-refractivity contribution in [1.29, 1.82) is 0 Å². The molecule has 2 aromatic rings. The van der Waals surface area contributed by atoms with Crippen molar-refractivity contribution >= 4 is 22.1 Å². The van der Waals surface area contributed by atoms with Crippen LogP contribution in [0.2, 0.25) is 0 Å². The molecule has 0 fully saturated rings. The molecule has 2 N–H and O–H groups in total. The van der Waals surface area contributed by atoms with Crippen molar-refractivity contribution in [2.24, 2.45) is 5.10 Å². The van der Waals surface area contributed by atoms with Crippen LogP contribution in [-0.4, -0.2) is 42.1 Å². The molecule has 7 nitrogen and oxygen atoms in total. The van der Waals surface area contributed by atoms with Crippen molar-refractivity contribution in [3.8, 4) is 5.75 Å². The molecule has 0 saturated heterocycles. The zero-order chi connectivity index (χ0) is 17.6. The Labute approximate surface area is 141 Å². The minimum absolute atomic E-state index is 0.147. The number of sulfonamides is 1. The molecule has 128 valence electrons. The molecular formula is C16H20N4O3S. The molecule has 1 aromatic carbocycles. The number of nitrogens with zero attached hydrogens (tertiary/aromatic N) is 3. The van der Waals surface area contributed by atoms with E-state index in [1.165, 1.54) is 22.8 Å². The summed E-state index contributed by atoms with van der Waals surface area (Å²) in [6.07, 6.45) is 2.84. The highest BCUT2D eigenvalue weighted by Crippen LogP contribution is 2.16. The normalized spacial score (nSPS) is 12.0. The third-order valence-electron chi connectivity index (χ3n) is 3.34. The van der Waals surface area contributed by atoms with Crippen LogP contribution in [0.3, 0.4) is 0 Å². The first kappa shape index (κ1) is 17.9. The monoisotopic (exact) mass is 348 g/mol. The summed E-state index contributed by atoms with van der Waals surface area (Å²) in [6.45, 7) is 4.40. The van der Waals surface area contributed by atoms with Crippen LogP contribution in [0.1, 0.15) is 19.4 Å². The second-order valence-electron chi connectivity index (χ2n) is 4.93. The predicted octanol–water partition coefficient (Wildman–Crippen LogP) is 2.26. The molecule has 0 unspecified atom stereocenters. The van der Waals surface area contributed by atoms with Crippen molar-refractivity contribution < 1.29 is 13.5 Å². The highest BCUT2D eigenvalue weighted by molar-refractivity contribution is 7.89. The molecule has 0 aliphatic heterocycles. The van der Waals surface area contributed by atoms with Gasteiger partial charge in [0, 0.05) is 19.3 Å². The number of hydrazone groups is 1. The molecule has 0 amide bonds. The minimum atomic E-state index is -3.51. The number of pyridine rings is 1. The number of nitrogens with one attached hydrogen (secondary N) is 1. The summed E-state index contributed by atoms with van der Waals surface area (Å²) in [6, 6.07) is 9.68. The van der Waals surface area contributed by atoms with Crippen LogP contribution >= 0.6 is 0 Å². The smallest absolute Gasteiger partial charge is 0.244 e. The molecule has 0 atom stereocenters. The van der Waals surface area contributed by atoms with E-state index in [0.717, 1.165) is 5.56 Å². The van der Waals surface area contributed by atoms with Gasteiger partial charge in [0.25, 0.3) is 0 Å². The maximum atomic E-state index is 12.3. The fourth-order valence-electron chi connectivity index (χ4n) is 2.09. The minimum Gasteiger partial charge on any atom is -0.508 e. The lowest BCUT2D eigenvalue weighted by Gasteiger charge is -2.18. The molecular weight excluding hydrogens is 328 g/mol. The summed E-state index contributed by atoms with van der Waals surface area (Å²) in [5.74, 6) is 0.577. The Balaban J connectivity index is 2.07. The Bertz CT molecular complexity index is 800. The molecule has 1 aromatic heterocycles. The predicted molar refractivity (Wildman–Crippen MR) is 93.7 cm³/mol. The zero-order valence-electron chi connectivity index (χ0n) is 13.5. The van der Waals surface area contributed by atoms with Gasteiger partial charge in [0.2, 0.25) is 10.0 Å². The number of aromatic hydroxyl groups is 1. The largest absolute Gasteiger partial charge is 0.508 e. The Morgan fingerprint density at radius 2 is 2.00 bits per heavy atom. The Morgan fingerprint density at radius 1 is 1.25 bits per heavy atom. The molecule has 2 rings (SSSR count). The van der Waals surface area contributed by atoms with Gasteiger partial charge in [-0.1, -0.05) is 26.0 Å². The van der Waals surface area contributed by atoms with Gasteiger partial charge < -0.3 is 5.11 Å². The molecule has 0 radical (unpaired) electrons. The summed E-state index contributed by atoms with van der Waals surface area (Å²) in [5.41, 5.74) is 3.44. The van der Waals surface area contributed by atoms with E-state index >= 15 is 0 Å². The second-order valence-corrected chi connectivity index (χ2v) is 6.87. The summed E-state index contributed by atoms with van der Waals surface area (Å²) in [4.78, 5) is 4.21. The van der Waals surface area contributed by atoms with Crippen molar-refractivity contribution in [3.05, 3.63) is 48.2 Å². The molecule has 1 heterocycles. The fourth-order valence-corrected chi connectivity index (χ4v) is 3.49. The first-order chi connectivity index (χ1) is 11.5. The van der Waals surface area contributed by atoms with Gasteiger partial charge in [0.1, 0.15) is 16.5 Å². The van der Waals surface area contributed by atoms with E-state index in [-0.39, 0.29) is 10.6 Å². The lowest BCUT2D eigenvalue weighted by atomic mass is 10.2. The van der Waals surface area contributed by atoms with Gasteiger partial charge in [0.15, 0.2) is 0 Å². The molecule has 0 spiro atoms. The number of hydrogen-bond acceptors (Lipinski definition) is 6. The summed E-state index contributed by atoms with van der Waals surface area (Å²) in [5, 5.41) is 13.4. The number of hydrogen-bond donors (Lipinski definition) is 2. The van der Waals surface area contributed by atoms with Crippen LogP contribution in [0.25, 0.3) is 0 Å². The van der Waals surface area contributed by atoms with Crippen LogP contribution in [-0.2, 0) is 10.0 Å². The third kappa shape index (κ3) is 4.30. The quantitative estimate of drug-likeness (QED) is 0.591. The van der Waals surface area contributed by atoms with E-state index in [9.17, 15) is 13.5 Å². The highest BCUT2D eigenvalue weighted by Gasteiger charge is 2.21. The molecule has 8 heteroatoms. The van der Waals surface area contributed by atoms with E-state index in [1.54, 1.807) is 44.2 Å². The molecule has 0 saturated carbocycles. The van der Waals surface area contributed by atoms with Gasteiger partial charge in [0.05, 0.1) is 6.21 Å². The van der Waals surface area contributed by atoms with Crippen molar-refractivity contribution in [2.75, 3.05) is 18.5 Å². The van der Waals surface area contributed by atoms with Gasteiger partial charge in [-0.05, 0) is 29.8 Å². The molecule has 0 aliphatic rings. The molecule has 0 bridgehead atoms. The lowest BCUT2D eigenvalue weighted by molar-refractivity contribution is 0.445. The van der Waals surface area contributed by atoms with Crippen LogP contribution in [0.5, 0.6) is 5.75 Å².